The largest absolute Gasteiger partial charge is 0.459 e. The first kappa shape index (κ1) is 29.6. The van der Waals surface area contributed by atoms with Crippen LogP contribution in [0.25, 0.3) is 10.9 Å². The summed E-state index contributed by atoms with van der Waals surface area (Å²) in [5.41, 5.74) is 5.40. The van der Waals surface area contributed by atoms with Gasteiger partial charge in [-0.15, -0.1) is 0 Å². The van der Waals surface area contributed by atoms with Gasteiger partial charge in [0.05, 0.1) is 13.2 Å². The van der Waals surface area contributed by atoms with Gasteiger partial charge < -0.3 is 14.0 Å². The van der Waals surface area contributed by atoms with Crippen LogP contribution in [0, 0.1) is 23.2 Å². The highest BCUT2D eigenvalue weighted by Gasteiger charge is 2.54. The van der Waals surface area contributed by atoms with Crippen LogP contribution < -0.4 is 0 Å². The normalized spacial score (nSPS) is 27.9. The first-order valence-electron chi connectivity index (χ1n) is 16.8. The zero-order chi connectivity index (χ0) is 31.4. The molecule has 1 aromatic heterocycles. The van der Waals surface area contributed by atoms with E-state index in [1.54, 1.807) is 4.90 Å². The SMILES string of the molecule is COC(=O)N1[C@H](CC23CC4CC(CC(C4)C2)C3)c2c(c3ccccc3n2Cc2ccccc2Cl)C[C@H]1C(=O)OCc1ccccc1. The summed E-state index contributed by atoms with van der Waals surface area (Å²) in [4.78, 5) is 29.8. The summed E-state index contributed by atoms with van der Waals surface area (Å²) >= 11 is 6.75. The van der Waals surface area contributed by atoms with E-state index < -0.39 is 18.1 Å². The monoisotopic (exact) mass is 636 g/mol. The number of carbonyl (C=O) groups is 2. The second-order valence-electron chi connectivity index (χ2n) is 14.4. The van der Waals surface area contributed by atoms with Crippen molar-refractivity contribution in [3.05, 3.63) is 106 Å². The maximum absolute atomic E-state index is 14.1. The summed E-state index contributed by atoms with van der Waals surface area (Å²) in [6, 6.07) is 25.0. The number of carbonyl (C=O) groups excluding carboxylic acids is 2. The van der Waals surface area contributed by atoms with Crippen LogP contribution in [0.2, 0.25) is 5.02 Å². The molecular formula is C39H41ClN2O4. The van der Waals surface area contributed by atoms with Crippen molar-refractivity contribution in [2.45, 2.75) is 76.6 Å². The van der Waals surface area contributed by atoms with Crippen molar-refractivity contribution in [1.29, 1.82) is 0 Å². The summed E-state index contributed by atoms with van der Waals surface area (Å²) in [6.45, 7) is 0.733. The van der Waals surface area contributed by atoms with Crippen LogP contribution in [-0.2, 0) is 33.8 Å². The van der Waals surface area contributed by atoms with E-state index in [9.17, 15) is 9.59 Å². The summed E-state index contributed by atoms with van der Waals surface area (Å²) in [5.74, 6) is 1.91. The number of nitrogens with zero attached hydrogens (tertiary/aromatic N) is 2. The molecule has 4 fully saturated rings. The van der Waals surface area contributed by atoms with Crippen molar-refractivity contribution >= 4 is 34.6 Å². The number of methoxy groups -OCH3 is 1. The predicted octanol–water partition coefficient (Wildman–Crippen LogP) is 8.73. The minimum absolute atomic E-state index is 0.143. The fraction of sp³-hybridized carbons (Fsp3) is 0.436. The minimum atomic E-state index is -0.790. The number of ether oxygens (including phenoxy) is 2. The number of aromatic nitrogens is 1. The topological polar surface area (TPSA) is 60.8 Å². The Bertz CT molecular complexity index is 1750. The fourth-order valence-electron chi connectivity index (χ4n) is 10.1. The molecule has 4 aliphatic carbocycles. The Kier molecular flexibility index (Phi) is 7.59. The molecule has 4 aromatic rings. The predicted molar refractivity (Wildman–Crippen MR) is 178 cm³/mol. The van der Waals surface area contributed by atoms with E-state index >= 15 is 0 Å². The molecule has 1 amide bonds. The molecule has 5 aliphatic rings. The third-order valence-corrected chi connectivity index (χ3v) is 11.8. The standard InChI is InChI=1S/C39H41ClN2O4/c1-45-38(44)42-34(37(43)46-24-25-9-3-2-4-10-25)18-31-30-12-6-8-14-33(30)41(23-29-11-5-7-13-32(29)40)36(31)35(42)22-39-19-26-15-27(20-39)17-28(16-26)21-39/h2-14,26-28,34-35H,15-24H2,1H3/t26?,27?,28?,34-,35+,39?/m0/s1. The molecule has 9 rings (SSSR count). The van der Waals surface area contributed by atoms with Gasteiger partial charge in [-0.3, -0.25) is 4.90 Å². The molecular weight excluding hydrogens is 596 g/mol. The number of amides is 1. The van der Waals surface area contributed by atoms with Gasteiger partial charge in [-0.1, -0.05) is 78.3 Å². The molecule has 238 valence electrons. The molecule has 7 heteroatoms. The molecule has 0 radical (unpaired) electrons. The summed E-state index contributed by atoms with van der Waals surface area (Å²) < 4.78 is 13.8. The summed E-state index contributed by atoms with van der Waals surface area (Å²) in [6.07, 6.45) is 8.35. The third-order valence-electron chi connectivity index (χ3n) is 11.5. The summed E-state index contributed by atoms with van der Waals surface area (Å²) in [7, 11) is 1.42. The maximum atomic E-state index is 14.1. The van der Waals surface area contributed by atoms with E-state index in [1.807, 2.05) is 48.5 Å². The molecule has 4 saturated carbocycles. The van der Waals surface area contributed by atoms with Crippen molar-refractivity contribution < 1.29 is 19.1 Å². The van der Waals surface area contributed by atoms with Crippen LogP contribution in [-0.4, -0.2) is 34.7 Å². The van der Waals surface area contributed by atoms with Gasteiger partial charge in [0.2, 0.25) is 0 Å². The third kappa shape index (κ3) is 5.19. The number of hydrogen-bond acceptors (Lipinski definition) is 4. The number of para-hydroxylation sites is 1. The average molecular weight is 637 g/mol. The Balaban J connectivity index is 1.26. The van der Waals surface area contributed by atoms with Crippen LogP contribution in [0.15, 0.2) is 78.9 Å². The Labute approximate surface area is 275 Å². The lowest BCUT2D eigenvalue weighted by atomic mass is 9.48. The van der Waals surface area contributed by atoms with Gasteiger partial charge in [0.15, 0.2) is 0 Å². The van der Waals surface area contributed by atoms with Crippen LogP contribution in [0.5, 0.6) is 0 Å². The molecule has 0 unspecified atom stereocenters. The second kappa shape index (κ2) is 11.8. The first-order chi connectivity index (χ1) is 22.4. The number of rotatable bonds is 7. The van der Waals surface area contributed by atoms with Crippen molar-refractivity contribution in [2.75, 3.05) is 7.11 Å². The smallest absolute Gasteiger partial charge is 0.410 e. The highest BCUT2D eigenvalue weighted by molar-refractivity contribution is 6.31. The van der Waals surface area contributed by atoms with Crippen molar-refractivity contribution in [3.8, 4) is 0 Å². The van der Waals surface area contributed by atoms with Crippen LogP contribution in [0.1, 0.15) is 73.4 Å². The Hall–Kier alpha value is -3.77. The minimum Gasteiger partial charge on any atom is -0.459 e. The molecule has 4 bridgehead atoms. The molecule has 0 N–H and O–H groups in total. The van der Waals surface area contributed by atoms with Gasteiger partial charge in [-0.2, -0.15) is 0 Å². The maximum Gasteiger partial charge on any atom is 0.410 e. The van der Waals surface area contributed by atoms with Gasteiger partial charge in [-0.25, -0.2) is 9.59 Å². The molecule has 2 heterocycles. The zero-order valence-corrected chi connectivity index (χ0v) is 27.1. The number of esters is 1. The average Bonchev–Trinajstić information content (AvgIpc) is 3.37. The van der Waals surface area contributed by atoms with E-state index in [-0.39, 0.29) is 18.1 Å². The molecule has 0 saturated heterocycles. The number of hydrogen-bond donors (Lipinski definition) is 0. The van der Waals surface area contributed by atoms with Crippen LogP contribution >= 0.6 is 11.6 Å². The van der Waals surface area contributed by atoms with Crippen LogP contribution in [0.4, 0.5) is 4.79 Å². The van der Waals surface area contributed by atoms with Crippen molar-refractivity contribution in [3.63, 3.8) is 0 Å². The molecule has 6 nitrogen and oxygen atoms in total. The Morgan fingerprint density at radius 2 is 1.52 bits per heavy atom. The molecule has 0 spiro atoms. The van der Waals surface area contributed by atoms with Gasteiger partial charge in [0.25, 0.3) is 0 Å². The van der Waals surface area contributed by atoms with Gasteiger partial charge in [0.1, 0.15) is 12.6 Å². The van der Waals surface area contributed by atoms with Gasteiger partial charge in [0, 0.05) is 34.6 Å². The second-order valence-corrected chi connectivity index (χ2v) is 14.8. The summed E-state index contributed by atoms with van der Waals surface area (Å²) in [5, 5.41) is 1.83. The number of benzene rings is 3. The Morgan fingerprint density at radius 3 is 2.22 bits per heavy atom. The van der Waals surface area contributed by atoms with Gasteiger partial charge >= 0.3 is 12.1 Å². The lowest BCUT2D eigenvalue weighted by Crippen LogP contribution is -2.54. The van der Waals surface area contributed by atoms with E-state index in [2.05, 4.69) is 34.9 Å². The quantitative estimate of drug-likeness (QED) is 0.190. The van der Waals surface area contributed by atoms with Crippen molar-refractivity contribution in [1.82, 2.24) is 9.47 Å². The number of halogens is 1. The Morgan fingerprint density at radius 1 is 0.870 bits per heavy atom. The molecule has 46 heavy (non-hydrogen) atoms. The fourth-order valence-corrected chi connectivity index (χ4v) is 10.3. The highest BCUT2D eigenvalue weighted by atomic mass is 35.5. The molecule has 3 aromatic carbocycles. The molecule has 1 aliphatic heterocycles. The lowest BCUT2D eigenvalue weighted by Gasteiger charge is -2.58. The zero-order valence-electron chi connectivity index (χ0n) is 26.4. The van der Waals surface area contributed by atoms with Crippen molar-refractivity contribution in [2.24, 2.45) is 23.2 Å². The number of fused-ring (bicyclic) bond motifs is 3. The first-order valence-corrected chi connectivity index (χ1v) is 17.2. The van der Waals surface area contributed by atoms with E-state index in [0.29, 0.717) is 13.0 Å². The van der Waals surface area contributed by atoms with E-state index in [0.717, 1.165) is 62.5 Å². The highest BCUT2D eigenvalue weighted by Crippen LogP contribution is 2.63. The van der Waals surface area contributed by atoms with E-state index in [1.165, 1.54) is 45.6 Å². The lowest BCUT2D eigenvalue weighted by molar-refractivity contribution is -0.153. The molecule has 2 atom stereocenters. The van der Waals surface area contributed by atoms with Gasteiger partial charge in [-0.05, 0) is 96.9 Å². The van der Waals surface area contributed by atoms with Crippen LogP contribution in [0.3, 0.4) is 0 Å². The van der Waals surface area contributed by atoms with E-state index in [4.69, 9.17) is 21.1 Å².